The van der Waals surface area contributed by atoms with Gasteiger partial charge in [-0.1, -0.05) is 18.2 Å². The summed E-state index contributed by atoms with van der Waals surface area (Å²) in [5, 5.41) is 3.32. The number of para-hydroxylation sites is 1. The average molecular weight is 270 g/mol. The minimum absolute atomic E-state index is 0.189. The Hall–Kier alpha value is -1.94. The first kappa shape index (κ1) is 12.1. The number of carbonyl (C=O) groups is 1. The molecule has 1 heterocycles. The fraction of sp³-hybridized carbons (Fsp3) is 0.133. The second-order valence-corrected chi connectivity index (χ2v) is 5.29. The largest absolute Gasteiger partial charge is 0.356 e. The van der Waals surface area contributed by atoms with E-state index in [1.54, 1.807) is 11.8 Å². The fourth-order valence-corrected chi connectivity index (χ4v) is 2.90. The van der Waals surface area contributed by atoms with Gasteiger partial charge in [0.15, 0.2) is 0 Å². The molecule has 0 spiro atoms. The van der Waals surface area contributed by atoms with Crippen LogP contribution in [-0.2, 0) is 4.79 Å². The van der Waals surface area contributed by atoms with Gasteiger partial charge in [-0.05, 0) is 36.4 Å². The number of hydrogen-bond acceptors (Lipinski definition) is 3. The Morgan fingerprint density at radius 2 is 1.63 bits per heavy atom. The quantitative estimate of drug-likeness (QED) is 0.927. The zero-order valence-corrected chi connectivity index (χ0v) is 11.2. The molecular formula is C15H14N2OS. The third-order valence-corrected chi connectivity index (χ3v) is 3.88. The van der Waals surface area contributed by atoms with Crippen molar-refractivity contribution in [2.75, 3.05) is 21.8 Å². The third kappa shape index (κ3) is 2.74. The number of rotatable bonds is 3. The highest BCUT2D eigenvalue weighted by Crippen LogP contribution is 2.26. The summed E-state index contributed by atoms with van der Waals surface area (Å²) in [5.74, 6) is 1.53. The van der Waals surface area contributed by atoms with Crippen LogP contribution in [0.5, 0.6) is 0 Å². The molecule has 3 rings (SSSR count). The SMILES string of the molecule is O=C1CSCN1c1ccc(Nc2ccccc2)cc1. The Labute approximate surface area is 116 Å². The Morgan fingerprint density at radius 1 is 0.947 bits per heavy atom. The summed E-state index contributed by atoms with van der Waals surface area (Å²) in [4.78, 5) is 13.5. The zero-order chi connectivity index (χ0) is 13.1. The normalized spacial score (nSPS) is 14.7. The number of benzene rings is 2. The molecule has 1 N–H and O–H groups in total. The Kier molecular flexibility index (Phi) is 3.42. The lowest BCUT2D eigenvalue weighted by molar-refractivity contribution is -0.115. The maximum Gasteiger partial charge on any atom is 0.237 e. The van der Waals surface area contributed by atoms with Crippen LogP contribution in [0.1, 0.15) is 0 Å². The molecule has 1 fully saturated rings. The summed E-state index contributed by atoms with van der Waals surface area (Å²) in [5.41, 5.74) is 3.05. The van der Waals surface area contributed by atoms with Crippen molar-refractivity contribution in [3.63, 3.8) is 0 Å². The summed E-state index contributed by atoms with van der Waals surface area (Å²) in [6.07, 6.45) is 0. The first-order chi connectivity index (χ1) is 9.33. The van der Waals surface area contributed by atoms with E-state index < -0.39 is 0 Å². The van der Waals surface area contributed by atoms with Crippen LogP contribution in [0, 0.1) is 0 Å². The second kappa shape index (κ2) is 5.36. The van der Waals surface area contributed by atoms with Crippen LogP contribution in [0.2, 0.25) is 0 Å². The van der Waals surface area contributed by atoms with E-state index in [0.29, 0.717) is 5.75 Å². The predicted octanol–water partition coefficient (Wildman–Crippen LogP) is 3.47. The highest BCUT2D eigenvalue weighted by molar-refractivity contribution is 8.00. The number of amides is 1. The summed E-state index contributed by atoms with van der Waals surface area (Å²) >= 11 is 1.65. The van der Waals surface area contributed by atoms with Gasteiger partial charge < -0.3 is 10.2 Å². The minimum Gasteiger partial charge on any atom is -0.356 e. The van der Waals surface area contributed by atoms with Gasteiger partial charge in [0.25, 0.3) is 0 Å². The van der Waals surface area contributed by atoms with Gasteiger partial charge in [-0.2, -0.15) is 0 Å². The Bertz CT molecular complexity index is 568. The van der Waals surface area contributed by atoms with Crippen molar-refractivity contribution in [2.45, 2.75) is 0 Å². The van der Waals surface area contributed by atoms with E-state index in [0.717, 1.165) is 22.9 Å². The number of nitrogens with one attached hydrogen (secondary N) is 1. The zero-order valence-electron chi connectivity index (χ0n) is 10.4. The summed E-state index contributed by atoms with van der Waals surface area (Å²) in [6, 6.07) is 18.0. The van der Waals surface area contributed by atoms with Gasteiger partial charge in [-0.25, -0.2) is 0 Å². The maximum atomic E-state index is 11.6. The van der Waals surface area contributed by atoms with Crippen LogP contribution in [0.15, 0.2) is 54.6 Å². The topological polar surface area (TPSA) is 32.3 Å². The molecule has 1 amide bonds. The summed E-state index contributed by atoms with van der Waals surface area (Å²) < 4.78 is 0. The highest BCUT2D eigenvalue weighted by Gasteiger charge is 2.21. The van der Waals surface area contributed by atoms with Crippen molar-refractivity contribution in [1.82, 2.24) is 0 Å². The number of hydrogen-bond donors (Lipinski definition) is 1. The molecule has 19 heavy (non-hydrogen) atoms. The molecule has 2 aromatic carbocycles. The van der Waals surface area contributed by atoms with E-state index in [9.17, 15) is 4.79 Å². The number of carbonyl (C=O) groups excluding carboxylic acids is 1. The molecule has 1 aliphatic rings. The third-order valence-electron chi connectivity index (χ3n) is 2.99. The van der Waals surface area contributed by atoms with Gasteiger partial charge in [-0.15, -0.1) is 11.8 Å². The summed E-state index contributed by atoms with van der Waals surface area (Å²) in [6.45, 7) is 0. The summed E-state index contributed by atoms with van der Waals surface area (Å²) in [7, 11) is 0. The molecule has 1 saturated heterocycles. The van der Waals surface area contributed by atoms with Gasteiger partial charge in [0, 0.05) is 17.1 Å². The molecule has 0 bridgehead atoms. The van der Waals surface area contributed by atoms with E-state index >= 15 is 0 Å². The van der Waals surface area contributed by atoms with E-state index in [-0.39, 0.29) is 5.91 Å². The molecule has 96 valence electrons. The molecule has 3 nitrogen and oxygen atoms in total. The first-order valence-electron chi connectivity index (χ1n) is 6.13. The molecule has 1 aliphatic heterocycles. The molecule has 0 saturated carbocycles. The molecule has 0 atom stereocenters. The lowest BCUT2D eigenvalue weighted by Gasteiger charge is -2.15. The molecule has 0 aliphatic carbocycles. The van der Waals surface area contributed by atoms with Crippen LogP contribution >= 0.6 is 11.8 Å². The van der Waals surface area contributed by atoms with Crippen molar-refractivity contribution in [2.24, 2.45) is 0 Å². The first-order valence-corrected chi connectivity index (χ1v) is 7.29. The van der Waals surface area contributed by atoms with Crippen LogP contribution < -0.4 is 10.2 Å². The Morgan fingerprint density at radius 3 is 2.26 bits per heavy atom. The van der Waals surface area contributed by atoms with Gasteiger partial charge in [0.05, 0.1) is 11.6 Å². The van der Waals surface area contributed by atoms with Crippen molar-refractivity contribution in [1.29, 1.82) is 0 Å². The maximum absolute atomic E-state index is 11.6. The van der Waals surface area contributed by atoms with Crippen LogP contribution in [0.4, 0.5) is 17.1 Å². The van der Waals surface area contributed by atoms with Crippen molar-refractivity contribution in [3.8, 4) is 0 Å². The molecule has 0 aromatic heterocycles. The van der Waals surface area contributed by atoms with Crippen LogP contribution in [0.25, 0.3) is 0 Å². The smallest absolute Gasteiger partial charge is 0.237 e. The van der Waals surface area contributed by atoms with Gasteiger partial charge in [0.1, 0.15) is 0 Å². The second-order valence-electron chi connectivity index (χ2n) is 4.34. The van der Waals surface area contributed by atoms with Crippen LogP contribution in [-0.4, -0.2) is 17.5 Å². The minimum atomic E-state index is 0.189. The van der Waals surface area contributed by atoms with E-state index in [2.05, 4.69) is 5.32 Å². The Balaban J connectivity index is 1.74. The lowest BCUT2D eigenvalue weighted by Crippen LogP contribution is -2.24. The van der Waals surface area contributed by atoms with E-state index in [4.69, 9.17) is 0 Å². The number of anilines is 3. The number of nitrogens with zero attached hydrogens (tertiary/aromatic N) is 1. The average Bonchev–Trinajstić information content (AvgIpc) is 2.87. The molecule has 0 unspecified atom stereocenters. The van der Waals surface area contributed by atoms with Gasteiger partial charge in [0.2, 0.25) is 5.91 Å². The lowest BCUT2D eigenvalue weighted by atomic mass is 10.2. The van der Waals surface area contributed by atoms with Crippen molar-refractivity contribution >= 4 is 34.7 Å². The van der Waals surface area contributed by atoms with Crippen molar-refractivity contribution in [3.05, 3.63) is 54.6 Å². The number of thioether (sulfide) groups is 1. The van der Waals surface area contributed by atoms with Crippen molar-refractivity contribution < 1.29 is 4.79 Å². The molecule has 0 radical (unpaired) electrons. The van der Waals surface area contributed by atoms with E-state index in [1.807, 2.05) is 59.5 Å². The van der Waals surface area contributed by atoms with Gasteiger partial charge >= 0.3 is 0 Å². The standard InChI is InChI=1S/C15H14N2OS/c18-15-10-19-11-17(15)14-8-6-13(7-9-14)16-12-4-2-1-3-5-12/h1-9,16H,10-11H2. The monoisotopic (exact) mass is 270 g/mol. The fourth-order valence-electron chi connectivity index (χ4n) is 2.01. The molecule has 4 heteroatoms. The molecular weight excluding hydrogens is 256 g/mol. The predicted molar refractivity (Wildman–Crippen MR) is 81.0 cm³/mol. The van der Waals surface area contributed by atoms with Gasteiger partial charge in [-0.3, -0.25) is 4.79 Å². The highest BCUT2D eigenvalue weighted by atomic mass is 32.2. The van der Waals surface area contributed by atoms with E-state index in [1.165, 1.54) is 0 Å². The molecule has 2 aromatic rings. The van der Waals surface area contributed by atoms with Crippen LogP contribution in [0.3, 0.4) is 0 Å².